The Morgan fingerprint density at radius 2 is 2.10 bits per heavy atom. The van der Waals surface area contributed by atoms with Gasteiger partial charge in [0, 0.05) is 12.7 Å². The van der Waals surface area contributed by atoms with E-state index in [2.05, 4.69) is 15.3 Å². The van der Waals surface area contributed by atoms with Gasteiger partial charge in [0.25, 0.3) is 0 Å². The summed E-state index contributed by atoms with van der Waals surface area (Å²) in [5.41, 5.74) is 0.739. The first kappa shape index (κ1) is 16.2. The number of aryl methyl sites for hydroxylation is 1. The predicted octanol–water partition coefficient (Wildman–Crippen LogP) is 1.11. The molecule has 1 unspecified atom stereocenters. The third-order valence-corrected chi connectivity index (χ3v) is 4.26. The zero-order chi connectivity index (χ0) is 15.3. The summed E-state index contributed by atoms with van der Waals surface area (Å²) in [6.45, 7) is 1.03. The molecule has 2 rings (SSSR count). The van der Waals surface area contributed by atoms with Crippen molar-refractivity contribution in [2.45, 2.75) is 38.3 Å². The molecule has 118 valence electrons. The van der Waals surface area contributed by atoms with Gasteiger partial charge in [0.05, 0.1) is 24.9 Å². The molecule has 4 N–H and O–H groups in total. The highest BCUT2D eigenvalue weighted by Gasteiger charge is 2.20. The second-order valence-corrected chi connectivity index (χ2v) is 6.91. The maximum absolute atomic E-state index is 10.7. The lowest BCUT2D eigenvalue weighted by molar-refractivity contribution is 0.178. The predicted molar refractivity (Wildman–Crippen MR) is 79.5 cm³/mol. The molecular formula is C12H21N4O4P. The Bertz CT molecular complexity index is 539. The number of hydrogen-bond acceptors (Lipinski definition) is 5. The third kappa shape index (κ3) is 4.93. The highest BCUT2D eigenvalue weighted by atomic mass is 31.2. The summed E-state index contributed by atoms with van der Waals surface area (Å²) >= 11 is 0. The molecule has 21 heavy (non-hydrogen) atoms. The monoisotopic (exact) mass is 316 g/mol. The molecule has 8 nitrogen and oxygen atoms in total. The van der Waals surface area contributed by atoms with E-state index in [0.717, 1.165) is 31.5 Å². The van der Waals surface area contributed by atoms with Crippen LogP contribution in [0.4, 0.5) is 5.82 Å². The van der Waals surface area contributed by atoms with Gasteiger partial charge < -0.3 is 24.8 Å². The summed E-state index contributed by atoms with van der Waals surface area (Å²) in [5.74, 6) is 0.630. The molecular weight excluding hydrogens is 295 g/mol. The smallest absolute Gasteiger partial charge is 0.325 e. The first-order valence-electron chi connectivity index (χ1n) is 7.00. The standard InChI is InChI=1S/C12H21N4O4P/c17-10-7-13-8-14-12-11(10)16(9-15-12)5-3-1-2-4-6-21(18,19)20/h8-10,17H,1-7H2,(H,13,14)(H2,18,19,20). The summed E-state index contributed by atoms with van der Waals surface area (Å²) in [7, 11) is -3.86. The molecule has 0 saturated carbocycles. The number of hydrogen-bond donors (Lipinski definition) is 4. The van der Waals surface area contributed by atoms with Gasteiger partial charge >= 0.3 is 7.60 Å². The van der Waals surface area contributed by atoms with Crippen LogP contribution in [-0.4, -0.2) is 43.5 Å². The van der Waals surface area contributed by atoms with Gasteiger partial charge in [-0.05, 0) is 12.8 Å². The molecule has 1 atom stereocenters. The molecule has 0 radical (unpaired) electrons. The van der Waals surface area contributed by atoms with Crippen molar-refractivity contribution < 1.29 is 19.5 Å². The number of anilines is 1. The molecule has 0 saturated heterocycles. The van der Waals surface area contributed by atoms with Crippen LogP contribution in [0.3, 0.4) is 0 Å². The molecule has 1 aliphatic rings. The van der Waals surface area contributed by atoms with E-state index < -0.39 is 13.7 Å². The van der Waals surface area contributed by atoms with E-state index in [4.69, 9.17) is 9.79 Å². The molecule has 0 fully saturated rings. The molecule has 2 heterocycles. The first-order valence-corrected chi connectivity index (χ1v) is 8.79. The van der Waals surface area contributed by atoms with E-state index in [1.54, 1.807) is 6.33 Å². The average Bonchev–Trinajstić information content (AvgIpc) is 2.71. The quantitative estimate of drug-likeness (QED) is 0.442. The Labute approximate surface area is 123 Å². The van der Waals surface area contributed by atoms with Crippen molar-refractivity contribution in [3.63, 3.8) is 0 Å². The Hall–Kier alpha value is -1.21. The van der Waals surface area contributed by atoms with E-state index in [0.29, 0.717) is 18.8 Å². The zero-order valence-electron chi connectivity index (χ0n) is 11.7. The summed E-state index contributed by atoms with van der Waals surface area (Å²) < 4.78 is 12.6. The summed E-state index contributed by atoms with van der Waals surface area (Å²) in [6, 6.07) is 0. The number of nitrogens with zero attached hydrogens (tertiary/aromatic N) is 3. The van der Waals surface area contributed by atoms with E-state index in [-0.39, 0.29) is 6.16 Å². The van der Waals surface area contributed by atoms with Crippen molar-refractivity contribution >= 4 is 19.8 Å². The number of nitrogens with one attached hydrogen (secondary N) is 1. The fraction of sp³-hybridized carbons (Fsp3) is 0.667. The fourth-order valence-corrected chi connectivity index (χ4v) is 2.97. The zero-order valence-corrected chi connectivity index (χ0v) is 12.6. The van der Waals surface area contributed by atoms with Gasteiger partial charge in [0.1, 0.15) is 6.10 Å². The maximum Gasteiger partial charge on any atom is 0.325 e. The van der Waals surface area contributed by atoms with Gasteiger partial charge in [0.15, 0.2) is 5.82 Å². The number of aliphatic imine (C=N–C) groups is 1. The van der Waals surface area contributed by atoms with E-state index in [9.17, 15) is 9.67 Å². The van der Waals surface area contributed by atoms with Crippen LogP contribution in [0.5, 0.6) is 0 Å². The van der Waals surface area contributed by atoms with Gasteiger partial charge in [0.2, 0.25) is 0 Å². The molecule has 1 aromatic rings. The lowest BCUT2D eigenvalue weighted by Crippen LogP contribution is -2.10. The molecule has 0 bridgehead atoms. The van der Waals surface area contributed by atoms with Crippen molar-refractivity contribution in [2.24, 2.45) is 4.99 Å². The number of aromatic nitrogens is 2. The first-order chi connectivity index (χ1) is 9.97. The van der Waals surface area contributed by atoms with Crippen LogP contribution in [0, 0.1) is 0 Å². The third-order valence-electron chi connectivity index (χ3n) is 3.36. The molecule has 0 aliphatic carbocycles. The second kappa shape index (κ2) is 7.17. The van der Waals surface area contributed by atoms with Gasteiger partial charge in [-0.15, -0.1) is 0 Å². The van der Waals surface area contributed by atoms with E-state index in [1.165, 1.54) is 6.34 Å². The SMILES string of the molecule is O=P(O)(O)CCCCCCn1cnc2c1C(O)CN=CN2. The summed E-state index contributed by atoms with van der Waals surface area (Å²) in [5, 5.41) is 13.0. The van der Waals surface area contributed by atoms with Crippen LogP contribution in [0.1, 0.15) is 37.5 Å². The van der Waals surface area contributed by atoms with Crippen LogP contribution in [0.25, 0.3) is 0 Å². The van der Waals surface area contributed by atoms with Crippen LogP contribution < -0.4 is 5.32 Å². The van der Waals surface area contributed by atoms with Gasteiger partial charge in [-0.1, -0.05) is 12.8 Å². The Balaban J connectivity index is 1.77. The lowest BCUT2D eigenvalue weighted by Gasteiger charge is -2.12. The molecule has 0 amide bonds. The average molecular weight is 316 g/mol. The lowest BCUT2D eigenvalue weighted by atomic mass is 10.2. The number of fused-ring (bicyclic) bond motifs is 1. The minimum absolute atomic E-state index is 0.0482. The number of aliphatic hydroxyl groups excluding tert-OH is 1. The number of imidazole rings is 1. The van der Waals surface area contributed by atoms with Crippen molar-refractivity contribution in [1.82, 2.24) is 9.55 Å². The summed E-state index contributed by atoms with van der Waals surface area (Å²) in [4.78, 5) is 25.8. The largest absolute Gasteiger partial charge is 0.385 e. The van der Waals surface area contributed by atoms with Crippen LogP contribution in [0.15, 0.2) is 11.3 Å². The van der Waals surface area contributed by atoms with Crippen LogP contribution in [-0.2, 0) is 11.1 Å². The maximum atomic E-state index is 10.7. The highest BCUT2D eigenvalue weighted by molar-refractivity contribution is 7.51. The van der Waals surface area contributed by atoms with Crippen LogP contribution in [0.2, 0.25) is 0 Å². The van der Waals surface area contributed by atoms with Crippen molar-refractivity contribution in [3.05, 3.63) is 12.0 Å². The van der Waals surface area contributed by atoms with Crippen molar-refractivity contribution in [1.29, 1.82) is 0 Å². The highest BCUT2D eigenvalue weighted by Crippen LogP contribution is 2.35. The Kier molecular flexibility index (Phi) is 5.52. The molecule has 9 heteroatoms. The van der Waals surface area contributed by atoms with E-state index >= 15 is 0 Å². The molecule has 0 spiro atoms. The minimum atomic E-state index is -3.86. The molecule has 0 aromatic carbocycles. The van der Waals surface area contributed by atoms with Gasteiger partial charge in [-0.2, -0.15) is 0 Å². The van der Waals surface area contributed by atoms with Crippen LogP contribution >= 0.6 is 7.60 Å². The van der Waals surface area contributed by atoms with E-state index in [1.807, 2.05) is 4.57 Å². The molecule has 1 aliphatic heterocycles. The van der Waals surface area contributed by atoms with Crippen molar-refractivity contribution in [2.75, 3.05) is 18.0 Å². The van der Waals surface area contributed by atoms with Crippen molar-refractivity contribution in [3.8, 4) is 0 Å². The van der Waals surface area contributed by atoms with Gasteiger partial charge in [-0.3, -0.25) is 9.56 Å². The molecule has 1 aromatic heterocycles. The number of rotatable bonds is 7. The topological polar surface area (TPSA) is 120 Å². The minimum Gasteiger partial charge on any atom is -0.385 e. The summed E-state index contributed by atoms with van der Waals surface area (Å²) in [6.07, 6.45) is 5.58. The van der Waals surface area contributed by atoms with Gasteiger partial charge in [-0.25, -0.2) is 4.98 Å². The Morgan fingerprint density at radius 1 is 1.33 bits per heavy atom. The Morgan fingerprint density at radius 3 is 2.86 bits per heavy atom. The fourth-order valence-electron chi connectivity index (χ4n) is 2.33. The number of unbranched alkanes of at least 4 members (excludes halogenated alkanes) is 3. The number of aliphatic hydroxyl groups is 1. The normalized spacial score (nSPS) is 18.1. The second-order valence-electron chi connectivity index (χ2n) is 5.13.